The van der Waals surface area contributed by atoms with Crippen LogP contribution >= 0.6 is 0 Å². The number of aromatic nitrogens is 4. The monoisotopic (exact) mass is 1200 g/mol. The molecule has 0 N–H and O–H groups in total. The molecule has 11 aromatic carbocycles. The number of hydrogen-bond donors (Lipinski definition) is 0. The van der Waals surface area contributed by atoms with Crippen molar-refractivity contribution in [3.8, 4) is 84.3 Å². The van der Waals surface area contributed by atoms with E-state index < -0.39 is 60.4 Å². The van der Waals surface area contributed by atoms with Crippen molar-refractivity contribution in [2.75, 3.05) is 4.90 Å². The van der Waals surface area contributed by atoms with Crippen LogP contribution in [-0.4, -0.2) is 14.1 Å². The van der Waals surface area contributed by atoms with Crippen LogP contribution in [0.1, 0.15) is 13.7 Å². The second-order valence-electron chi connectivity index (χ2n) is 18.8. The van der Waals surface area contributed by atoms with Gasteiger partial charge in [-0.1, -0.05) is 212 Å². The van der Waals surface area contributed by atoms with E-state index in [2.05, 4.69) is 137 Å². The minimum Gasteiger partial charge on any atom is -0.510 e. The fraction of sp³-hybridized carbons (Fsp3) is 0. The number of anilines is 3. The number of benzene rings is 11. The Morgan fingerprint density at radius 2 is 1.06 bits per heavy atom. The quantitative estimate of drug-likeness (QED) is 0.107. The van der Waals surface area contributed by atoms with Gasteiger partial charge in [-0.15, -0.1) is 29.7 Å². The molecule has 0 bridgehead atoms. The van der Waals surface area contributed by atoms with Gasteiger partial charge < -0.3 is 18.8 Å². The average molecular weight is 1200 g/mol. The first-order chi connectivity index (χ1) is 42.8. The second kappa shape index (κ2) is 19.9. The van der Waals surface area contributed by atoms with Crippen LogP contribution in [0.25, 0.3) is 106 Å². The van der Waals surface area contributed by atoms with Gasteiger partial charge >= 0.3 is 0 Å². The normalized spacial score (nSPS) is 13.4. The van der Waals surface area contributed by atoms with Gasteiger partial charge in [0.05, 0.1) is 47.5 Å². The topological polar surface area (TPSA) is 39.1 Å². The number of imidazole rings is 1. The third-order valence-electron chi connectivity index (χ3n) is 14.3. The predicted octanol–water partition coefficient (Wildman–Crippen LogP) is 17.7. The van der Waals surface area contributed by atoms with Crippen LogP contribution < -0.4 is 14.2 Å². The van der Waals surface area contributed by atoms with Crippen LogP contribution in [0.3, 0.4) is 0 Å². The molecule has 1 aliphatic heterocycles. The first-order valence-electron chi connectivity index (χ1n) is 30.4. The number of para-hydroxylation sites is 5. The molecular weight excluding hydrogens is 1150 g/mol. The molecule has 0 spiro atoms. The van der Waals surface area contributed by atoms with Gasteiger partial charge in [-0.3, -0.25) is 4.57 Å². The standard InChI is InChI=1S/C72H45N5O.Pt/c1-4-20-49(21-5-1)52-38-41-67-64(44-52)63-40-39-56(47-70(63)77(67)71-46-54(42-43-73-71)76-65-34-14-12-30-61(65)59-28-10-11-29-60(59)62-31-13-15-35-66(62)76)78-55-27-18-26-53(45-55)74-48-75(69-37-17-16-36-68(69)74)72-57(50-22-6-2-7-23-50)32-19-33-58(72)51-24-8-3-9-25-51;/h1-44,46H;/q-2;/i2D,3D,6D,7D,8D,9D,22D,23D,24D,25D;. The molecule has 7 heteroatoms. The van der Waals surface area contributed by atoms with E-state index in [1.807, 2.05) is 79.0 Å². The second-order valence-corrected chi connectivity index (χ2v) is 18.8. The molecule has 0 aliphatic carbocycles. The molecule has 1 aliphatic rings. The van der Waals surface area contributed by atoms with E-state index in [0.29, 0.717) is 34.0 Å². The molecule has 3 aromatic heterocycles. The van der Waals surface area contributed by atoms with Crippen LogP contribution in [0.2, 0.25) is 0 Å². The maximum atomic E-state index is 9.11. The van der Waals surface area contributed by atoms with E-state index in [4.69, 9.17) is 23.4 Å². The third-order valence-corrected chi connectivity index (χ3v) is 14.3. The largest absolute Gasteiger partial charge is 0.510 e. The van der Waals surface area contributed by atoms with Crippen LogP contribution in [0.5, 0.6) is 11.5 Å². The van der Waals surface area contributed by atoms with Gasteiger partial charge in [-0.2, -0.15) is 18.2 Å². The molecule has 0 radical (unpaired) electrons. The summed E-state index contributed by atoms with van der Waals surface area (Å²) in [7, 11) is 0. The van der Waals surface area contributed by atoms with Gasteiger partial charge in [-0.05, 0) is 79.8 Å². The van der Waals surface area contributed by atoms with Gasteiger partial charge in [0, 0.05) is 61.5 Å². The Hall–Kier alpha value is -9.87. The maximum absolute atomic E-state index is 9.11. The SMILES string of the molecule is [2H]c1c([2H])c([2H])c(-c2cccc(-c3c([2H])c([2H])c([2H])c([2H])c3[2H])c2-[n+]2[c-]n(-c3[c-]c(Oc4[c-]c5c(cc4)c4cc(-c6ccccc6)ccc4n5-c4cc(N5c6ccccc6-c6ccccc6-c6ccccc65)ccn4)ccc3)c3ccccc32)c([2H])c1[2H].[Pt]. The van der Waals surface area contributed by atoms with Gasteiger partial charge in [0.15, 0.2) is 0 Å². The van der Waals surface area contributed by atoms with Crippen molar-refractivity contribution in [2.45, 2.75) is 0 Å². The van der Waals surface area contributed by atoms with Gasteiger partial charge in [-0.25, -0.2) is 4.98 Å². The van der Waals surface area contributed by atoms with Crippen LogP contribution in [0.15, 0.2) is 273 Å². The first kappa shape index (κ1) is 37.8. The molecular formula is C72H45N5OPt-2. The predicted molar refractivity (Wildman–Crippen MR) is 315 cm³/mol. The molecule has 14 aromatic rings. The molecule has 0 saturated heterocycles. The molecule has 79 heavy (non-hydrogen) atoms. The summed E-state index contributed by atoms with van der Waals surface area (Å²) in [6.07, 6.45) is 5.29. The minimum absolute atomic E-state index is 0. The molecule has 0 saturated carbocycles. The smallest absolute Gasteiger partial charge is 0.268 e. The van der Waals surface area contributed by atoms with Crippen LogP contribution in [0, 0.1) is 18.5 Å². The van der Waals surface area contributed by atoms with Crippen LogP contribution in [0.4, 0.5) is 17.1 Å². The number of fused-ring (bicyclic) bond motifs is 9. The van der Waals surface area contributed by atoms with E-state index in [0.717, 1.165) is 72.2 Å². The summed E-state index contributed by atoms with van der Waals surface area (Å²) in [5.74, 6) is 1.39. The summed E-state index contributed by atoms with van der Waals surface area (Å²) in [4.78, 5) is 7.41. The maximum Gasteiger partial charge on any atom is 0.268 e. The fourth-order valence-corrected chi connectivity index (χ4v) is 11.0. The Kier molecular flexibility index (Phi) is 9.53. The van der Waals surface area contributed by atoms with Crippen molar-refractivity contribution < 1.29 is 44.1 Å². The number of rotatable bonds is 9. The summed E-state index contributed by atoms with van der Waals surface area (Å²) in [6, 6.07) is 69.6. The molecule has 4 heterocycles. The summed E-state index contributed by atoms with van der Waals surface area (Å²) in [6.45, 7) is 0. The minimum atomic E-state index is -0.580. The number of ether oxygens (including phenoxy) is 1. The Labute approximate surface area is 486 Å². The summed E-state index contributed by atoms with van der Waals surface area (Å²) < 4.78 is 100. The Morgan fingerprint density at radius 3 is 1.77 bits per heavy atom. The molecule has 15 rings (SSSR count). The number of nitrogens with zero attached hydrogens (tertiary/aromatic N) is 5. The van der Waals surface area contributed by atoms with Gasteiger partial charge in [0.25, 0.3) is 6.33 Å². The van der Waals surface area contributed by atoms with Crippen LogP contribution in [-0.2, 0) is 21.1 Å². The van der Waals surface area contributed by atoms with E-state index in [-0.39, 0.29) is 49.0 Å². The Bertz CT molecular complexity index is 5030. The van der Waals surface area contributed by atoms with Crippen molar-refractivity contribution in [1.29, 1.82) is 0 Å². The molecule has 0 unspecified atom stereocenters. The zero-order chi connectivity index (χ0) is 60.2. The summed E-state index contributed by atoms with van der Waals surface area (Å²) >= 11 is 0. The number of pyridine rings is 1. The van der Waals surface area contributed by atoms with Crippen molar-refractivity contribution in [3.63, 3.8) is 0 Å². The number of hydrogen-bond acceptors (Lipinski definition) is 3. The zero-order valence-electron chi connectivity index (χ0n) is 51.7. The summed E-state index contributed by atoms with van der Waals surface area (Å²) in [5.41, 5.74) is 13.0. The third kappa shape index (κ3) is 8.24. The van der Waals surface area contributed by atoms with Crippen molar-refractivity contribution >= 4 is 49.9 Å². The molecule has 0 fully saturated rings. The Morgan fingerprint density at radius 1 is 0.456 bits per heavy atom. The van der Waals surface area contributed by atoms with Gasteiger partial charge in [0.1, 0.15) is 5.82 Å². The van der Waals surface area contributed by atoms with E-state index in [1.165, 1.54) is 0 Å². The Balaban J connectivity index is 0.00000694. The zero-order valence-corrected chi connectivity index (χ0v) is 43.9. The molecule has 6 nitrogen and oxygen atoms in total. The van der Waals surface area contributed by atoms with Gasteiger partial charge in [0.2, 0.25) is 0 Å². The van der Waals surface area contributed by atoms with E-state index in [9.17, 15) is 0 Å². The van der Waals surface area contributed by atoms with E-state index >= 15 is 0 Å². The summed E-state index contributed by atoms with van der Waals surface area (Å²) in [5, 5.41) is 1.92. The van der Waals surface area contributed by atoms with Crippen molar-refractivity contribution in [2.24, 2.45) is 0 Å². The van der Waals surface area contributed by atoms with Crippen molar-refractivity contribution in [1.82, 2.24) is 14.1 Å². The fourth-order valence-electron chi connectivity index (χ4n) is 11.0. The van der Waals surface area contributed by atoms with E-state index in [1.54, 1.807) is 33.4 Å². The van der Waals surface area contributed by atoms with Crippen molar-refractivity contribution in [3.05, 3.63) is 291 Å². The molecule has 0 atom stereocenters. The first-order valence-corrected chi connectivity index (χ1v) is 25.4. The molecule has 0 amide bonds. The molecule has 376 valence electrons. The average Bonchev–Trinajstić information content (AvgIpc) is 1.78.